The van der Waals surface area contributed by atoms with Gasteiger partial charge < -0.3 is 15.4 Å². The topological polar surface area (TPSA) is 65.1 Å². The molecule has 3 aromatic rings. The van der Waals surface area contributed by atoms with E-state index in [9.17, 15) is 9.90 Å². The summed E-state index contributed by atoms with van der Waals surface area (Å²) >= 11 is 0. The number of aliphatic hydroxyl groups excluding tert-OH is 1. The van der Waals surface area contributed by atoms with E-state index >= 15 is 0 Å². The Kier molecular flexibility index (Phi) is 4.96. The first-order valence-corrected chi connectivity index (χ1v) is 8.30. The van der Waals surface area contributed by atoms with Crippen LogP contribution in [0.15, 0.2) is 60.8 Å². The van der Waals surface area contributed by atoms with Crippen LogP contribution in [0.3, 0.4) is 0 Å². The van der Waals surface area contributed by atoms with Gasteiger partial charge in [0, 0.05) is 17.3 Å². The van der Waals surface area contributed by atoms with Gasteiger partial charge in [-0.05, 0) is 35.6 Å². The molecule has 3 rings (SSSR count). The lowest BCUT2D eigenvalue weighted by molar-refractivity contribution is 0.0820. The summed E-state index contributed by atoms with van der Waals surface area (Å²) in [6, 6.07) is 16.7. The van der Waals surface area contributed by atoms with E-state index in [1.165, 1.54) is 0 Å². The second kappa shape index (κ2) is 7.32. The highest BCUT2D eigenvalue weighted by molar-refractivity contribution is 5.98. The van der Waals surface area contributed by atoms with Crippen LogP contribution in [-0.4, -0.2) is 22.0 Å². The van der Waals surface area contributed by atoms with E-state index in [1.54, 1.807) is 0 Å². The summed E-state index contributed by atoms with van der Waals surface area (Å²) in [7, 11) is 0. The summed E-state index contributed by atoms with van der Waals surface area (Å²) in [4.78, 5) is 15.7. The fraction of sp³-hybridized carbons (Fsp3) is 0.250. The number of amides is 1. The Balaban J connectivity index is 1.78. The van der Waals surface area contributed by atoms with E-state index < -0.39 is 6.10 Å². The van der Waals surface area contributed by atoms with Crippen LogP contribution < -0.4 is 5.32 Å². The molecule has 0 fully saturated rings. The monoisotopic (exact) mass is 322 g/mol. The number of benzene rings is 2. The number of aromatic nitrogens is 1. The first-order valence-electron chi connectivity index (χ1n) is 8.30. The number of nitrogens with one attached hydrogen (secondary N) is 2. The van der Waals surface area contributed by atoms with Crippen molar-refractivity contribution in [3.63, 3.8) is 0 Å². The smallest absolute Gasteiger partial charge is 0.251 e. The van der Waals surface area contributed by atoms with Crippen LogP contribution in [0.4, 0.5) is 0 Å². The molecule has 0 aliphatic rings. The second-order valence-corrected chi connectivity index (χ2v) is 6.00. The van der Waals surface area contributed by atoms with Gasteiger partial charge >= 0.3 is 0 Å². The van der Waals surface area contributed by atoms with E-state index in [0.29, 0.717) is 12.0 Å². The first-order chi connectivity index (χ1) is 11.7. The van der Waals surface area contributed by atoms with E-state index in [-0.39, 0.29) is 11.9 Å². The molecule has 0 spiro atoms. The third-order valence-electron chi connectivity index (χ3n) is 4.26. The number of carbonyl (C=O) groups is 1. The van der Waals surface area contributed by atoms with Gasteiger partial charge in [-0.3, -0.25) is 4.79 Å². The largest absolute Gasteiger partial charge is 0.386 e. The van der Waals surface area contributed by atoms with Crippen LogP contribution in [0.1, 0.15) is 41.8 Å². The maximum Gasteiger partial charge on any atom is 0.251 e. The van der Waals surface area contributed by atoms with Gasteiger partial charge in [0.15, 0.2) is 0 Å². The first kappa shape index (κ1) is 16.3. The maximum absolute atomic E-state index is 12.6. The minimum Gasteiger partial charge on any atom is -0.386 e. The predicted molar refractivity (Wildman–Crippen MR) is 95.9 cm³/mol. The third-order valence-corrected chi connectivity index (χ3v) is 4.26. The Bertz CT molecular complexity index is 811. The molecule has 0 bridgehead atoms. The predicted octanol–water partition coefficient (Wildman–Crippen LogP) is 3.80. The molecule has 3 N–H and O–H groups in total. The molecule has 1 amide bonds. The summed E-state index contributed by atoms with van der Waals surface area (Å²) in [6.45, 7) is 2.04. The average molecular weight is 322 g/mol. The molecule has 2 aromatic carbocycles. The molecule has 1 heterocycles. The van der Waals surface area contributed by atoms with Crippen LogP contribution in [0.5, 0.6) is 0 Å². The van der Waals surface area contributed by atoms with Gasteiger partial charge in [-0.2, -0.15) is 0 Å². The summed E-state index contributed by atoms with van der Waals surface area (Å²) in [5.41, 5.74) is 2.33. The van der Waals surface area contributed by atoms with Gasteiger partial charge in [0.25, 0.3) is 5.91 Å². The van der Waals surface area contributed by atoms with E-state index in [0.717, 1.165) is 22.9 Å². The number of aliphatic hydroxyl groups is 1. The van der Waals surface area contributed by atoms with Crippen molar-refractivity contribution in [2.75, 3.05) is 0 Å². The van der Waals surface area contributed by atoms with Crippen LogP contribution >= 0.6 is 0 Å². The lowest BCUT2D eigenvalue weighted by Gasteiger charge is -2.24. The minimum absolute atomic E-state index is 0.167. The highest BCUT2D eigenvalue weighted by atomic mass is 16.3. The molecule has 4 heteroatoms. The molecule has 0 saturated heterocycles. The highest BCUT2D eigenvalue weighted by Gasteiger charge is 2.22. The van der Waals surface area contributed by atoms with Gasteiger partial charge in [-0.25, -0.2) is 0 Å². The van der Waals surface area contributed by atoms with Crippen LogP contribution in [0.25, 0.3) is 10.9 Å². The number of aromatic amines is 1. The van der Waals surface area contributed by atoms with Gasteiger partial charge in [0.1, 0.15) is 0 Å². The fourth-order valence-electron chi connectivity index (χ4n) is 2.94. The Hall–Kier alpha value is -2.59. The Morgan fingerprint density at radius 2 is 1.96 bits per heavy atom. The van der Waals surface area contributed by atoms with E-state index in [2.05, 4.69) is 10.3 Å². The lowest BCUT2D eigenvalue weighted by atomic mass is 9.98. The third kappa shape index (κ3) is 3.49. The zero-order valence-electron chi connectivity index (χ0n) is 13.7. The normalized spacial score (nSPS) is 13.6. The van der Waals surface area contributed by atoms with Gasteiger partial charge in [-0.1, -0.05) is 49.7 Å². The fourth-order valence-corrected chi connectivity index (χ4v) is 2.94. The molecular weight excluding hydrogens is 300 g/mol. The van der Waals surface area contributed by atoms with E-state index in [1.807, 2.05) is 67.7 Å². The highest BCUT2D eigenvalue weighted by Crippen LogP contribution is 2.21. The lowest BCUT2D eigenvalue weighted by Crippen LogP contribution is -2.39. The SMILES string of the molecule is CCCC(NC(=O)c1ccc2cc[nH]c2c1)C(O)c1ccccc1. The van der Waals surface area contributed by atoms with Crippen LogP contribution in [0.2, 0.25) is 0 Å². The molecule has 24 heavy (non-hydrogen) atoms. The minimum atomic E-state index is -0.718. The van der Waals surface area contributed by atoms with Crippen molar-refractivity contribution < 1.29 is 9.90 Å². The molecule has 4 nitrogen and oxygen atoms in total. The number of hydrogen-bond acceptors (Lipinski definition) is 2. The standard InChI is InChI=1S/C20H22N2O2/c1-2-6-17(19(23)15-7-4-3-5-8-15)22-20(24)16-10-9-14-11-12-21-18(14)13-16/h3-5,7-13,17,19,21,23H,2,6H2,1H3,(H,22,24). The molecular formula is C20H22N2O2. The summed E-state index contributed by atoms with van der Waals surface area (Å²) < 4.78 is 0. The zero-order chi connectivity index (χ0) is 16.9. The quantitative estimate of drug-likeness (QED) is 0.646. The van der Waals surface area contributed by atoms with E-state index in [4.69, 9.17) is 0 Å². The van der Waals surface area contributed by atoms with Crippen molar-refractivity contribution >= 4 is 16.8 Å². The molecule has 2 atom stereocenters. The Morgan fingerprint density at radius 1 is 1.17 bits per heavy atom. The molecule has 124 valence electrons. The summed E-state index contributed by atoms with van der Waals surface area (Å²) in [6.07, 6.45) is 2.73. The molecule has 0 saturated carbocycles. The van der Waals surface area contributed by atoms with Gasteiger partial charge in [0.2, 0.25) is 0 Å². The van der Waals surface area contributed by atoms with Gasteiger partial charge in [0.05, 0.1) is 12.1 Å². The average Bonchev–Trinajstić information content (AvgIpc) is 3.09. The molecule has 2 unspecified atom stereocenters. The summed E-state index contributed by atoms with van der Waals surface area (Å²) in [5, 5.41) is 14.7. The van der Waals surface area contributed by atoms with Crippen molar-refractivity contribution in [2.24, 2.45) is 0 Å². The Morgan fingerprint density at radius 3 is 2.71 bits per heavy atom. The van der Waals surface area contributed by atoms with Gasteiger partial charge in [-0.15, -0.1) is 0 Å². The Labute approximate surface area is 141 Å². The van der Waals surface area contributed by atoms with Crippen LogP contribution in [-0.2, 0) is 0 Å². The van der Waals surface area contributed by atoms with Crippen molar-refractivity contribution in [2.45, 2.75) is 31.9 Å². The molecule has 0 radical (unpaired) electrons. The molecule has 0 aliphatic heterocycles. The van der Waals surface area contributed by atoms with Crippen LogP contribution in [0, 0.1) is 0 Å². The van der Waals surface area contributed by atoms with Crippen molar-refractivity contribution in [1.82, 2.24) is 10.3 Å². The molecule has 0 aliphatic carbocycles. The number of rotatable bonds is 6. The number of fused-ring (bicyclic) bond motifs is 1. The maximum atomic E-state index is 12.6. The zero-order valence-corrected chi connectivity index (χ0v) is 13.7. The number of H-pyrrole nitrogens is 1. The van der Waals surface area contributed by atoms with Crippen molar-refractivity contribution in [1.29, 1.82) is 0 Å². The molecule has 1 aromatic heterocycles. The number of carbonyl (C=O) groups excluding carboxylic acids is 1. The number of hydrogen-bond donors (Lipinski definition) is 3. The summed E-state index contributed by atoms with van der Waals surface area (Å²) in [5.74, 6) is -0.167. The van der Waals surface area contributed by atoms with Crippen molar-refractivity contribution in [3.8, 4) is 0 Å². The second-order valence-electron chi connectivity index (χ2n) is 6.00. The van der Waals surface area contributed by atoms with Crippen molar-refractivity contribution in [3.05, 3.63) is 71.9 Å².